The van der Waals surface area contributed by atoms with Gasteiger partial charge in [-0.2, -0.15) is 0 Å². The lowest BCUT2D eigenvalue weighted by Gasteiger charge is -2.38. The highest BCUT2D eigenvalue weighted by Gasteiger charge is 2.43. The van der Waals surface area contributed by atoms with E-state index in [1.165, 1.54) is 11.3 Å². The van der Waals surface area contributed by atoms with Gasteiger partial charge in [-0.25, -0.2) is 4.98 Å². The number of carbonyl (C=O) groups is 1. The molecule has 1 N–H and O–H groups in total. The van der Waals surface area contributed by atoms with Gasteiger partial charge in [0.25, 0.3) is 5.91 Å². The fraction of sp³-hybridized carbons (Fsp3) is 0.444. The lowest BCUT2D eigenvalue weighted by molar-refractivity contribution is -0.133. The third-order valence-corrected chi connectivity index (χ3v) is 5.83. The number of carbonyl (C=O) groups excluding carboxylic acids is 1. The molecule has 128 valence electrons. The number of benzene rings is 1. The van der Waals surface area contributed by atoms with Gasteiger partial charge < -0.3 is 9.84 Å². The second kappa shape index (κ2) is 5.77. The molecule has 6 heteroatoms. The van der Waals surface area contributed by atoms with Crippen molar-refractivity contribution in [1.82, 2.24) is 4.98 Å². The molecule has 0 aliphatic carbocycles. The number of rotatable bonds is 2. The molecule has 0 fully saturated rings. The van der Waals surface area contributed by atoms with Crippen molar-refractivity contribution in [3.8, 4) is 11.5 Å². The Morgan fingerprint density at radius 1 is 1.33 bits per heavy atom. The lowest BCUT2D eigenvalue weighted by atomic mass is 9.86. The monoisotopic (exact) mass is 346 g/mol. The number of aromatic nitrogens is 1. The first-order valence-corrected chi connectivity index (χ1v) is 8.82. The van der Waals surface area contributed by atoms with E-state index in [4.69, 9.17) is 4.74 Å². The van der Waals surface area contributed by atoms with Gasteiger partial charge in [0.1, 0.15) is 11.5 Å². The second-order valence-corrected chi connectivity index (χ2v) is 7.42. The summed E-state index contributed by atoms with van der Waals surface area (Å²) in [7, 11) is 1.73. The summed E-state index contributed by atoms with van der Waals surface area (Å²) in [6.07, 6.45) is 2.95. The van der Waals surface area contributed by atoms with Gasteiger partial charge in [-0.1, -0.05) is 0 Å². The van der Waals surface area contributed by atoms with Crippen molar-refractivity contribution in [1.29, 1.82) is 0 Å². The normalized spacial score (nSPS) is 19.5. The van der Waals surface area contributed by atoms with Crippen molar-refractivity contribution < 1.29 is 14.6 Å². The smallest absolute Gasteiger partial charge is 0.272 e. The van der Waals surface area contributed by atoms with Gasteiger partial charge in [-0.15, -0.1) is 11.3 Å². The topological polar surface area (TPSA) is 62.7 Å². The van der Waals surface area contributed by atoms with Gasteiger partial charge in [0, 0.05) is 30.6 Å². The van der Waals surface area contributed by atoms with Gasteiger partial charge in [0.05, 0.1) is 0 Å². The third kappa shape index (κ3) is 2.45. The molecule has 1 unspecified atom stereocenters. The minimum atomic E-state index is -0.936. The predicted molar refractivity (Wildman–Crippen MR) is 95.2 cm³/mol. The van der Waals surface area contributed by atoms with E-state index in [-0.39, 0.29) is 5.91 Å². The number of fused-ring (bicyclic) bond motifs is 1. The van der Waals surface area contributed by atoms with E-state index in [9.17, 15) is 9.90 Å². The molecule has 5 nitrogen and oxygen atoms in total. The van der Waals surface area contributed by atoms with Crippen molar-refractivity contribution in [2.24, 2.45) is 0 Å². The zero-order chi connectivity index (χ0) is 17.6. The second-order valence-electron chi connectivity index (χ2n) is 6.54. The van der Waals surface area contributed by atoms with Crippen LogP contribution in [-0.4, -0.2) is 28.6 Å². The van der Waals surface area contributed by atoms with Crippen LogP contribution in [0.25, 0.3) is 0 Å². The van der Waals surface area contributed by atoms with E-state index < -0.39 is 5.60 Å². The summed E-state index contributed by atoms with van der Waals surface area (Å²) < 4.78 is 6.22. The highest BCUT2D eigenvalue weighted by molar-refractivity contribution is 7.13. The van der Waals surface area contributed by atoms with Crippen LogP contribution in [0.15, 0.2) is 11.6 Å². The molecule has 0 bridgehead atoms. The first-order valence-electron chi connectivity index (χ1n) is 7.94. The van der Waals surface area contributed by atoms with Crippen molar-refractivity contribution in [2.45, 2.75) is 46.1 Å². The first kappa shape index (κ1) is 16.8. The largest absolute Gasteiger partial charge is 0.507 e. The lowest BCUT2D eigenvalue weighted by Crippen LogP contribution is -2.51. The number of anilines is 1. The minimum Gasteiger partial charge on any atom is -0.507 e. The van der Waals surface area contributed by atoms with Gasteiger partial charge in [0.2, 0.25) is 0 Å². The quantitative estimate of drug-likeness (QED) is 0.904. The number of phenols is 1. The minimum absolute atomic E-state index is 0.106. The Balaban J connectivity index is 1.98. The summed E-state index contributed by atoms with van der Waals surface area (Å²) in [5.74, 6) is 0.952. The maximum atomic E-state index is 13.0. The summed E-state index contributed by atoms with van der Waals surface area (Å²) in [4.78, 5) is 18.8. The molecule has 1 aromatic carbocycles. The molecule has 0 radical (unpaired) electrons. The van der Waals surface area contributed by atoms with Gasteiger partial charge in [-0.3, -0.25) is 9.69 Å². The van der Waals surface area contributed by atoms with Crippen molar-refractivity contribution >= 4 is 22.4 Å². The molecule has 2 heterocycles. The van der Waals surface area contributed by atoms with Crippen LogP contribution in [0, 0.1) is 20.8 Å². The van der Waals surface area contributed by atoms with Crippen molar-refractivity contribution in [2.75, 3.05) is 11.9 Å². The molecule has 1 aromatic heterocycles. The van der Waals surface area contributed by atoms with E-state index in [0.717, 1.165) is 28.0 Å². The summed E-state index contributed by atoms with van der Waals surface area (Å²) in [6, 6.07) is 0. The van der Waals surface area contributed by atoms with E-state index in [0.29, 0.717) is 23.7 Å². The van der Waals surface area contributed by atoms with Gasteiger partial charge >= 0.3 is 0 Å². The van der Waals surface area contributed by atoms with Crippen LogP contribution in [0.1, 0.15) is 35.6 Å². The molecule has 3 rings (SSSR count). The van der Waals surface area contributed by atoms with Crippen LogP contribution in [-0.2, 0) is 11.2 Å². The average Bonchev–Trinajstić information content (AvgIpc) is 3.11. The van der Waals surface area contributed by atoms with Crippen LogP contribution >= 0.6 is 11.3 Å². The zero-order valence-electron chi connectivity index (χ0n) is 14.6. The van der Waals surface area contributed by atoms with Gasteiger partial charge in [-0.05, 0) is 50.8 Å². The Hall–Kier alpha value is -2.08. The summed E-state index contributed by atoms with van der Waals surface area (Å²) >= 11 is 1.42. The molecule has 1 atom stereocenters. The molecule has 0 spiro atoms. The van der Waals surface area contributed by atoms with Gasteiger partial charge in [0.15, 0.2) is 10.7 Å². The molecular weight excluding hydrogens is 324 g/mol. The van der Waals surface area contributed by atoms with Crippen LogP contribution in [0.5, 0.6) is 11.5 Å². The number of likely N-dealkylation sites (N-methyl/N-ethyl adjacent to an activating group) is 1. The van der Waals surface area contributed by atoms with Crippen LogP contribution in [0.3, 0.4) is 0 Å². The average molecular weight is 346 g/mol. The Morgan fingerprint density at radius 3 is 2.67 bits per heavy atom. The molecule has 0 saturated carbocycles. The van der Waals surface area contributed by atoms with Crippen molar-refractivity contribution in [3.05, 3.63) is 33.8 Å². The first-order chi connectivity index (χ1) is 11.3. The molecule has 1 aliphatic rings. The van der Waals surface area contributed by atoms with E-state index in [2.05, 4.69) is 4.98 Å². The number of nitrogens with zero attached hydrogens (tertiary/aromatic N) is 2. The molecule has 24 heavy (non-hydrogen) atoms. The molecule has 1 aliphatic heterocycles. The number of phenolic OH excluding ortho intramolecular Hbond substituents is 1. The number of aromatic hydroxyl groups is 1. The standard InChI is InChI=1S/C18H22N2O3S/c1-10-11(2)15-13(12(3)14(10)21)6-7-18(4,23-15)16(22)20(5)17-19-8-9-24-17/h8-9,21H,6-7H2,1-5H3. The zero-order valence-corrected chi connectivity index (χ0v) is 15.5. The molecule has 2 aromatic rings. The number of thiazole rings is 1. The van der Waals surface area contributed by atoms with Crippen molar-refractivity contribution in [3.63, 3.8) is 0 Å². The highest BCUT2D eigenvalue weighted by atomic mass is 32.1. The Bertz CT molecular complexity index is 801. The summed E-state index contributed by atoms with van der Waals surface area (Å²) in [5, 5.41) is 12.8. The molecule has 1 amide bonds. The van der Waals surface area contributed by atoms with Crippen LogP contribution in [0.4, 0.5) is 5.13 Å². The maximum absolute atomic E-state index is 13.0. The Kier molecular flexibility index (Phi) is 4.03. The third-order valence-electron chi connectivity index (χ3n) is 4.98. The molecule has 0 saturated heterocycles. The maximum Gasteiger partial charge on any atom is 0.272 e. The Morgan fingerprint density at radius 2 is 2.04 bits per heavy atom. The summed E-state index contributed by atoms with van der Waals surface area (Å²) in [5.41, 5.74) is 2.60. The fourth-order valence-electron chi connectivity index (χ4n) is 3.22. The van der Waals surface area contributed by atoms with E-state index >= 15 is 0 Å². The van der Waals surface area contributed by atoms with E-state index in [1.54, 1.807) is 18.1 Å². The molecular formula is C18H22N2O3S. The number of amides is 1. The van der Waals surface area contributed by atoms with Crippen LogP contribution < -0.4 is 9.64 Å². The fourth-order valence-corrected chi connectivity index (χ4v) is 3.83. The predicted octanol–water partition coefficient (Wildman–Crippen LogP) is 3.52. The number of hydrogen-bond acceptors (Lipinski definition) is 5. The summed E-state index contributed by atoms with van der Waals surface area (Å²) in [6.45, 7) is 7.53. The number of ether oxygens (including phenoxy) is 1. The van der Waals surface area contributed by atoms with Crippen LogP contribution in [0.2, 0.25) is 0 Å². The number of hydrogen-bond donors (Lipinski definition) is 1. The highest BCUT2D eigenvalue weighted by Crippen LogP contribution is 2.43. The SMILES string of the molecule is Cc1c(C)c2c(c(C)c1O)CCC(C)(C(=O)N(C)c1nccs1)O2. The van der Waals surface area contributed by atoms with E-state index in [1.807, 2.05) is 33.1 Å². The Labute approximate surface area is 145 Å².